The Kier molecular flexibility index (Phi) is 4.58. The van der Waals surface area contributed by atoms with Crippen LogP contribution in [0.2, 0.25) is 0 Å². The van der Waals surface area contributed by atoms with Gasteiger partial charge < -0.3 is 15.1 Å². The van der Waals surface area contributed by atoms with Crippen molar-refractivity contribution in [3.05, 3.63) is 59.0 Å². The molecule has 1 aromatic carbocycles. The molecule has 0 unspecified atom stereocenters. The molecule has 106 valence electrons. The molecule has 1 aromatic heterocycles. The first-order valence-corrected chi connectivity index (χ1v) is 6.76. The summed E-state index contributed by atoms with van der Waals surface area (Å²) in [4.78, 5) is 13.8. The number of furan rings is 1. The average molecular weight is 272 g/mol. The number of rotatable bonds is 5. The number of nitrogens with two attached hydrogens (primary N) is 1. The van der Waals surface area contributed by atoms with Gasteiger partial charge in [-0.05, 0) is 29.7 Å². The van der Waals surface area contributed by atoms with Crippen LogP contribution in [-0.4, -0.2) is 17.9 Å². The first-order valence-electron chi connectivity index (χ1n) is 6.76. The largest absolute Gasteiger partial charge is 0.455 e. The smallest absolute Gasteiger partial charge is 0.289 e. The molecule has 0 spiro atoms. The molecule has 20 heavy (non-hydrogen) atoms. The van der Waals surface area contributed by atoms with Gasteiger partial charge in [-0.3, -0.25) is 4.79 Å². The second-order valence-corrected chi connectivity index (χ2v) is 4.80. The van der Waals surface area contributed by atoms with Crippen LogP contribution in [-0.2, 0) is 19.5 Å². The first-order chi connectivity index (χ1) is 9.63. The minimum Gasteiger partial charge on any atom is -0.455 e. The highest BCUT2D eigenvalue weighted by molar-refractivity contribution is 5.91. The number of carbonyl (C=O) groups excluding carboxylic acids is 1. The van der Waals surface area contributed by atoms with E-state index in [9.17, 15) is 4.79 Å². The van der Waals surface area contributed by atoms with Gasteiger partial charge in [0, 0.05) is 13.6 Å². The zero-order chi connectivity index (χ0) is 14.5. The van der Waals surface area contributed by atoms with E-state index in [1.807, 2.05) is 0 Å². The van der Waals surface area contributed by atoms with Crippen molar-refractivity contribution in [2.45, 2.75) is 26.4 Å². The third-order valence-corrected chi connectivity index (χ3v) is 3.27. The van der Waals surface area contributed by atoms with Gasteiger partial charge in [0.05, 0.1) is 6.54 Å². The number of hydrogen-bond acceptors (Lipinski definition) is 3. The van der Waals surface area contributed by atoms with E-state index in [1.54, 1.807) is 24.1 Å². The quantitative estimate of drug-likeness (QED) is 0.910. The van der Waals surface area contributed by atoms with Crippen LogP contribution in [0, 0.1) is 0 Å². The molecule has 0 saturated heterocycles. The molecule has 0 aliphatic heterocycles. The van der Waals surface area contributed by atoms with Gasteiger partial charge in [-0.15, -0.1) is 0 Å². The Morgan fingerprint density at radius 1 is 1.15 bits per heavy atom. The van der Waals surface area contributed by atoms with E-state index >= 15 is 0 Å². The predicted molar refractivity (Wildman–Crippen MR) is 78.2 cm³/mol. The Morgan fingerprint density at radius 2 is 1.80 bits per heavy atom. The van der Waals surface area contributed by atoms with Crippen molar-refractivity contribution in [1.82, 2.24) is 4.90 Å². The van der Waals surface area contributed by atoms with Crippen molar-refractivity contribution in [2.24, 2.45) is 5.73 Å². The van der Waals surface area contributed by atoms with Gasteiger partial charge in [0.25, 0.3) is 5.91 Å². The van der Waals surface area contributed by atoms with Crippen LogP contribution < -0.4 is 5.73 Å². The van der Waals surface area contributed by atoms with Gasteiger partial charge in [-0.1, -0.05) is 31.2 Å². The van der Waals surface area contributed by atoms with E-state index in [0.29, 0.717) is 24.6 Å². The number of hydrogen-bond donors (Lipinski definition) is 1. The number of amides is 1. The molecule has 1 heterocycles. The summed E-state index contributed by atoms with van der Waals surface area (Å²) in [7, 11) is 1.76. The lowest BCUT2D eigenvalue weighted by atomic mass is 10.1. The molecule has 0 radical (unpaired) electrons. The minimum absolute atomic E-state index is 0.135. The number of aryl methyl sites for hydroxylation is 1. The van der Waals surface area contributed by atoms with E-state index in [1.165, 1.54) is 5.56 Å². The third-order valence-electron chi connectivity index (χ3n) is 3.27. The van der Waals surface area contributed by atoms with Gasteiger partial charge in [-0.25, -0.2) is 0 Å². The second-order valence-electron chi connectivity index (χ2n) is 4.80. The molecular weight excluding hydrogens is 252 g/mol. The molecule has 4 nitrogen and oxygen atoms in total. The zero-order valence-electron chi connectivity index (χ0n) is 11.9. The Morgan fingerprint density at radius 3 is 2.35 bits per heavy atom. The molecule has 2 N–H and O–H groups in total. The summed E-state index contributed by atoms with van der Waals surface area (Å²) in [5.41, 5.74) is 7.87. The predicted octanol–water partition coefficient (Wildman–Crippen LogP) is 2.57. The molecule has 4 heteroatoms. The maximum atomic E-state index is 12.2. The fourth-order valence-corrected chi connectivity index (χ4v) is 2.02. The molecule has 2 rings (SSSR count). The number of benzene rings is 1. The minimum atomic E-state index is -0.135. The van der Waals surface area contributed by atoms with Crippen LogP contribution in [0.4, 0.5) is 0 Å². The fourth-order valence-electron chi connectivity index (χ4n) is 2.02. The highest BCUT2D eigenvalue weighted by Crippen LogP contribution is 2.12. The average Bonchev–Trinajstić information content (AvgIpc) is 2.96. The maximum absolute atomic E-state index is 12.2. The van der Waals surface area contributed by atoms with Crippen molar-refractivity contribution in [1.29, 1.82) is 0 Å². The van der Waals surface area contributed by atoms with Gasteiger partial charge >= 0.3 is 0 Å². The van der Waals surface area contributed by atoms with E-state index in [0.717, 1.165) is 12.0 Å². The fraction of sp³-hybridized carbons (Fsp3) is 0.312. The number of carbonyl (C=O) groups is 1. The lowest BCUT2D eigenvalue weighted by Crippen LogP contribution is -2.25. The standard InChI is InChI=1S/C16H20N2O2/c1-3-12-4-6-13(7-5-12)11-18(2)16(19)15-9-8-14(10-17)20-15/h4-9H,3,10-11,17H2,1-2H3. The van der Waals surface area contributed by atoms with Gasteiger partial charge in [-0.2, -0.15) is 0 Å². The Labute approximate surface area is 119 Å². The van der Waals surface area contributed by atoms with Crippen LogP contribution >= 0.6 is 0 Å². The summed E-state index contributed by atoms with van der Waals surface area (Å²) in [5, 5.41) is 0. The molecule has 0 bridgehead atoms. The molecule has 0 saturated carbocycles. The van der Waals surface area contributed by atoms with Crippen LogP contribution in [0.1, 0.15) is 34.4 Å². The van der Waals surface area contributed by atoms with Crippen molar-refractivity contribution in [3.63, 3.8) is 0 Å². The SMILES string of the molecule is CCc1ccc(CN(C)C(=O)c2ccc(CN)o2)cc1. The van der Waals surface area contributed by atoms with Crippen LogP contribution in [0.5, 0.6) is 0 Å². The van der Waals surface area contributed by atoms with Gasteiger partial charge in [0.15, 0.2) is 5.76 Å². The zero-order valence-corrected chi connectivity index (χ0v) is 11.9. The molecule has 0 aliphatic carbocycles. The second kappa shape index (κ2) is 6.39. The summed E-state index contributed by atoms with van der Waals surface area (Å²) in [6.45, 7) is 2.98. The summed E-state index contributed by atoms with van der Waals surface area (Å²) in [6, 6.07) is 11.7. The first kappa shape index (κ1) is 14.3. The summed E-state index contributed by atoms with van der Waals surface area (Å²) < 4.78 is 5.37. The molecule has 2 aromatic rings. The molecule has 1 amide bonds. The van der Waals surface area contributed by atoms with Crippen molar-refractivity contribution >= 4 is 5.91 Å². The van der Waals surface area contributed by atoms with E-state index in [4.69, 9.17) is 10.2 Å². The number of nitrogens with zero attached hydrogens (tertiary/aromatic N) is 1. The van der Waals surface area contributed by atoms with Crippen LogP contribution in [0.15, 0.2) is 40.8 Å². The highest BCUT2D eigenvalue weighted by Gasteiger charge is 2.15. The van der Waals surface area contributed by atoms with Crippen molar-refractivity contribution < 1.29 is 9.21 Å². The summed E-state index contributed by atoms with van der Waals surface area (Å²) in [5.74, 6) is 0.816. The molecule has 0 fully saturated rings. The van der Waals surface area contributed by atoms with E-state index < -0.39 is 0 Å². The van der Waals surface area contributed by atoms with Crippen LogP contribution in [0.25, 0.3) is 0 Å². The van der Waals surface area contributed by atoms with Crippen molar-refractivity contribution in [3.8, 4) is 0 Å². The summed E-state index contributed by atoms with van der Waals surface area (Å²) >= 11 is 0. The lowest BCUT2D eigenvalue weighted by Gasteiger charge is -2.16. The third kappa shape index (κ3) is 3.27. The Balaban J connectivity index is 2.02. The Hall–Kier alpha value is -2.07. The van der Waals surface area contributed by atoms with E-state index in [-0.39, 0.29) is 5.91 Å². The topological polar surface area (TPSA) is 59.5 Å². The van der Waals surface area contributed by atoms with Crippen molar-refractivity contribution in [2.75, 3.05) is 7.05 Å². The molecule has 0 aliphatic rings. The molecular formula is C16H20N2O2. The van der Waals surface area contributed by atoms with Gasteiger partial charge in [0.2, 0.25) is 0 Å². The lowest BCUT2D eigenvalue weighted by molar-refractivity contribution is 0.0751. The van der Waals surface area contributed by atoms with Gasteiger partial charge in [0.1, 0.15) is 5.76 Å². The normalized spacial score (nSPS) is 10.6. The maximum Gasteiger partial charge on any atom is 0.289 e. The highest BCUT2D eigenvalue weighted by atomic mass is 16.4. The molecule has 0 atom stereocenters. The summed E-state index contributed by atoms with van der Waals surface area (Å²) in [6.07, 6.45) is 1.02. The van der Waals surface area contributed by atoms with E-state index in [2.05, 4.69) is 31.2 Å². The Bertz CT molecular complexity index is 572. The monoisotopic (exact) mass is 272 g/mol. The van der Waals surface area contributed by atoms with Crippen LogP contribution in [0.3, 0.4) is 0 Å².